The van der Waals surface area contributed by atoms with Gasteiger partial charge in [0.1, 0.15) is 0 Å². The van der Waals surface area contributed by atoms with E-state index in [4.69, 9.17) is 5.84 Å². The minimum absolute atomic E-state index is 0.269. The highest BCUT2D eigenvalue weighted by atomic mass is 32.1. The molecule has 0 saturated carbocycles. The van der Waals surface area contributed by atoms with Crippen LogP contribution >= 0.6 is 11.3 Å². The van der Waals surface area contributed by atoms with E-state index in [0.717, 1.165) is 5.01 Å². The molecule has 1 aromatic rings. The van der Waals surface area contributed by atoms with Crippen LogP contribution < -0.4 is 11.4 Å². The molecule has 0 saturated heterocycles. The fourth-order valence-corrected chi connectivity index (χ4v) is 1.15. The standard InChI is InChI=1S/C5H7N3O2S/c1-3-7-4(2-11-3)5(9)10-8-6/h2,8H,6H2,1H3. The minimum Gasteiger partial charge on any atom is -0.350 e. The lowest BCUT2D eigenvalue weighted by atomic mass is 10.5. The van der Waals surface area contributed by atoms with E-state index in [1.54, 1.807) is 17.9 Å². The van der Waals surface area contributed by atoms with E-state index >= 15 is 0 Å². The zero-order chi connectivity index (χ0) is 8.27. The highest BCUT2D eigenvalue weighted by Gasteiger charge is 2.09. The molecule has 0 aliphatic heterocycles. The Hall–Kier alpha value is -0.980. The van der Waals surface area contributed by atoms with Crippen molar-refractivity contribution in [3.63, 3.8) is 0 Å². The smallest absolute Gasteiger partial charge is 0.350 e. The van der Waals surface area contributed by atoms with Gasteiger partial charge in [0.05, 0.1) is 5.01 Å². The highest BCUT2D eigenvalue weighted by molar-refractivity contribution is 7.09. The van der Waals surface area contributed by atoms with Crippen LogP contribution in [0.3, 0.4) is 0 Å². The first-order valence-corrected chi connectivity index (χ1v) is 3.71. The van der Waals surface area contributed by atoms with Crippen molar-refractivity contribution in [3.05, 3.63) is 16.1 Å². The predicted molar refractivity (Wildman–Crippen MR) is 39.6 cm³/mol. The number of hydrogen-bond donors (Lipinski definition) is 2. The van der Waals surface area contributed by atoms with Crippen LogP contribution in [0.2, 0.25) is 0 Å². The van der Waals surface area contributed by atoms with E-state index in [2.05, 4.69) is 9.82 Å². The predicted octanol–water partition coefficient (Wildman–Crippen LogP) is -0.0134. The van der Waals surface area contributed by atoms with Gasteiger partial charge in [0, 0.05) is 5.38 Å². The second-order valence-corrected chi connectivity index (χ2v) is 2.82. The average molecular weight is 173 g/mol. The van der Waals surface area contributed by atoms with Crippen molar-refractivity contribution in [2.24, 2.45) is 5.84 Å². The van der Waals surface area contributed by atoms with Crippen molar-refractivity contribution in [1.82, 2.24) is 10.6 Å². The topological polar surface area (TPSA) is 77.2 Å². The number of rotatable bonds is 2. The lowest BCUT2D eigenvalue weighted by Gasteiger charge is -1.95. The molecule has 60 valence electrons. The molecule has 3 N–H and O–H groups in total. The van der Waals surface area contributed by atoms with Crippen molar-refractivity contribution >= 4 is 17.3 Å². The zero-order valence-corrected chi connectivity index (χ0v) is 6.64. The first kappa shape index (κ1) is 8.12. The fraction of sp³-hybridized carbons (Fsp3) is 0.200. The Bertz CT molecular complexity index is 260. The Morgan fingerprint density at radius 1 is 1.91 bits per heavy atom. The lowest BCUT2D eigenvalue weighted by Crippen LogP contribution is -2.26. The van der Waals surface area contributed by atoms with Crippen molar-refractivity contribution in [1.29, 1.82) is 0 Å². The van der Waals surface area contributed by atoms with Crippen LogP contribution in [-0.4, -0.2) is 11.0 Å². The molecule has 0 aliphatic carbocycles. The van der Waals surface area contributed by atoms with E-state index in [-0.39, 0.29) is 5.69 Å². The molecule has 0 radical (unpaired) electrons. The molecule has 0 fully saturated rings. The zero-order valence-electron chi connectivity index (χ0n) is 5.83. The number of carbonyl (C=O) groups is 1. The number of nitrogens with zero attached hydrogens (tertiary/aromatic N) is 1. The third kappa shape index (κ3) is 1.97. The number of carbonyl (C=O) groups excluding carboxylic acids is 1. The van der Waals surface area contributed by atoms with Crippen molar-refractivity contribution in [3.8, 4) is 0 Å². The second kappa shape index (κ2) is 3.42. The largest absolute Gasteiger partial charge is 0.377 e. The Morgan fingerprint density at radius 3 is 3.09 bits per heavy atom. The van der Waals surface area contributed by atoms with Crippen molar-refractivity contribution < 1.29 is 9.63 Å². The number of hydrazine groups is 1. The van der Waals surface area contributed by atoms with Crippen LogP contribution in [0.15, 0.2) is 5.38 Å². The van der Waals surface area contributed by atoms with Gasteiger partial charge in [-0.25, -0.2) is 15.6 Å². The number of aromatic nitrogens is 1. The number of thiazole rings is 1. The molecule has 1 aromatic heterocycles. The fourth-order valence-electron chi connectivity index (χ4n) is 0.563. The van der Waals surface area contributed by atoms with Gasteiger partial charge in [-0.1, -0.05) is 5.59 Å². The Morgan fingerprint density at radius 2 is 2.64 bits per heavy atom. The van der Waals surface area contributed by atoms with Gasteiger partial charge in [-0.05, 0) is 6.92 Å². The Kier molecular flexibility index (Phi) is 2.53. The Labute approximate surface area is 67.1 Å². The summed E-state index contributed by atoms with van der Waals surface area (Å²) in [5.74, 6) is 4.18. The van der Waals surface area contributed by atoms with Gasteiger partial charge in [-0.2, -0.15) is 0 Å². The summed E-state index contributed by atoms with van der Waals surface area (Å²) >= 11 is 1.38. The third-order valence-electron chi connectivity index (χ3n) is 0.980. The summed E-state index contributed by atoms with van der Waals surface area (Å²) < 4.78 is 0. The van der Waals surface area contributed by atoms with Gasteiger partial charge in [0.25, 0.3) is 0 Å². The van der Waals surface area contributed by atoms with Crippen molar-refractivity contribution in [2.75, 3.05) is 0 Å². The molecule has 0 bridgehead atoms. The van der Waals surface area contributed by atoms with Gasteiger partial charge >= 0.3 is 5.97 Å². The van der Waals surface area contributed by atoms with Crippen molar-refractivity contribution in [2.45, 2.75) is 6.92 Å². The summed E-state index contributed by atoms with van der Waals surface area (Å²) in [5.41, 5.74) is 2.06. The molecule has 6 heteroatoms. The Balaban J connectivity index is 2.69. The lowest BCUT2D eigenvalue weighted by molar-refractivity contribution is 0.0248. The molecule has 5 nitrogen and oxygen atoms in total. The maximum absolute atomic E-state index is 10.8. The quantitative estimate of drug-likeness (QED) is 0.485. The van der Waals surface area contributed by atoms with Crippen LogP contribution in [0.1, 0.15) is 15.5 Å². The van der Waals surface area contributed by atoms with E-state index in [9.17, 15) is 4.79 Å². The average Bonchev–Trinajstić information content (AvgIpc) is 2.36. The number of nitrogens with one attached hydrogen (secondary N) is 1. The third-order valence-corrected chi connectivity index (χ3v) is 1.75. The van der Waals surface area contributed by atoms with Crippen LogP contribution in [0, 0.1) is 6.92 Å². The second-order valence-electron chi connectivity index (χ2n) is 1.76. The summed E-state index contributed by atoms with van der Waals surface area (Å²) in [7, 11) is 0. The van der Waals surface area contributed by atoms with Crippen LogP contribution in [-0.2, 0) is 4.84 Å². The molecule has 0 unspecified atom stereocenters. The summed E-state index contributed by atoms with van der Waals surface area (Å²) in [6.45, 7) is 1.80. The molecular formula is C5H7N3O2S. The molecule has 0 aromatic carbocycles. The molecule has 0 atom stereocenters. The van der Waals surface area contributed by atoms with Gasteiger partial charge in [-0.15, -0.1) is 11.3 Å². The number of nitrogens with two attached hydrogens (primary N) is 1. The molecule has 11 heavy (non-hydrogen) atoms. The summed E-state index contributed by atoms with van der Waals surface area (Å²) in [6, 6.07) is 0. The summed E-state index contributed by atoms with van der Waals surface area (Å²) in [4.78, 5) is 19.0. The van der Waals surface area contributed by atoms with E-state index in [1.807, 2.05) is 0 Å². The maximum atomic E-state index is 10.8. The normalized spacial score (nSPS) is 9.64. The van der Waals surface area contributed by atoms with Crippen LogP contribution in [0.5, 0.6) is 0 Å². The van der Waals surface area contributed by atoms with Gasteiger partial charge < -0.3 is 4.84 Å². The van der Waals surface area contributed by atoms with E-state index < -0.39 is 5.97 Å². The van der Waals surface area contributed by atoms with E-state index in [1.165, 1.54) is 11.3 Å². The minimum atomic E-state index is -0.572. The summed E-state index contributed by atoms with van der Waals surface area (Å²) in [6.07, 6.45) is 0. The molecule has 0 amide bonds. The van der Waals surface area contributed by atoms with Gasteiger partial charge in [0.2, 0.25) is 0 Å². The molecule has 1 rings (SSSR count). The maximum Gasteiger partial charge on any atom is 0.377 e. The van der Waals surface area contributed by atoms with Gasteiger partial charge in [0.15, 0.2) is 5.69 Å². The monoisotopic (exact) mass is 173 g/mol. The highest BCUT2D eigenvalue weighted by Crippen LogP contribution is 2.07. The first-order chi connectivity index (χ1) is 5.24. The van der Waals surface area contributed by atoms with Gasteiger partial charge in [-0.3, -0.25) is 0 Å². The van der Waals surface area contributed by atoms with Crippen LogP contribution in [0.25, 0.3) is 0 Å². The number of hydrogen-bond acceptors (Lipinski definition) is 6. The number of aryl methyl sites for hydroxylation is 1. The molecule has 1 heterocycles. The van der Waals surface area contributed by atoms with Crippen LogP contribution in [0.4, 0.5) is 0 Å². The summed E-state index contributed by atoms with van der Waals surface area (Å²) in [5, 5.41) is 2.42. The SMILES string of the molecule is Cc1nc(C(=O)ONN)cs1. The van der Waals surface area contributed by atoms with E-state index in [0.29, 0.717) is 0 Å². The molecular weight excluding hydrogens is 166 g/mol. The molecule has 0 spiro atoms. The molecule has 0 aliphatic rings. The first-order valence-electron chi connectivity index (χ1n) is 2.83.